The van der Waals surface area contributed by atoms with Crippen LogP contribution in [0.2, 0.25) is 0 Å². The quantitative estimate of drug-likeness (QED) is 0.0227. The molecule has 4 atom stereocenters. The van der Waals surface area contributed by atoms with Gasteiger partial charge in [0, 0.05) is 31.6 Å². The van der Waals surface area contributed by atoms with Crippen LogP contribution in [0.5, 0.6) is 34.5 Å². The summed E-state index contributed by atoms with van der Waals surface area (Å²) in [6, 6.07) is 10.3. The summed E-state index contributed by atoms with van der Waals surface area (Å²) in [4.78, 5) is 56.8. The van der Waals surface area contributed by atoms with E-state index in [9.17, 15) is 19.2 Å². The molecule has 0 aliphatic heterocycles. The number of rotatable bonds is 32. The second-order valence-electron chi connectivity index (χ2n) is 19.4. The lowest BCUT2D eigenvalue weighted by Crippen LogP contribution is -2.21. The summed E-state index contributed by atoms with van der Waals surface area (Å²) >= 11 is 0. The molecule has 0 fully saturated rings. The van der Waals surface area contributed by atoms with Gasteiger partial charge in [0.15, 0.2) is 23.0 Å². The highest BCUT2D eigenvalue weighted by Gasteiger charge is 2.33. The smallest absolute Gasteiger partial charge is 0.493 e. The zero-order valence-electron chi connectivity index (χ0n) is 46.0. The maximum absolute atomic E-state index is 14.2. The van der Waals surface area contributed by atoms with Crippen LogP contribution in [0.15, 0.2) is 36.4 Å². The highest BCUT2D eigenvalue weighted by atomic mass is 16.7. The number of hydrogen-bond acceptors (Lipinski definition) is 14. The summed E-state index contributed by atoms with van der Waals surface area (Å²) in [5.74, 6) is 0.941. The van der Waals surface area contributed by atoms with E-state index in [1.54, 1.807) is 36.4 Å². The van der Waals surface area contributed by atoms with Crippen LogP contribution in [-0.4, -0.2) is 64.3 Å². The molecule has 5 rings (SSSR count). The van der Waals surface area contributed by atoms with Crippen LogP contribution < -0.4 is 28.4 Å². The summed E-state index contributed by atoms with van der Waals surface area (Å²) in [6.07, 6.45) is 10.6. The van der Waals surface area contributed by atoms with Crippen molar-refractivity contribution in [2.75, 3.05) is 39.6 Å². The molecule has 1 aliphatic carbocycles. The molecule has 0 saturated heterocycles. The van der Waals surface area contributed by atoms with E-state index in [1.165, 1.54) is 0 Å². The minimum Gasteiger partial charge on any atom is -0.493 e. The van der Waals surface area contributed by atoms with Gasteiger partial charge in [0.05, 0.1) is 50.4 Å². The molecule has 0 spiro atoms. The van der Waals surface area contributed by atoms with Crippen LogP contribution in [0.4, 0.5) is 19.2 Å². The second-order valence-corrected chi connectivity index (χ2v) is 19.4. The Morgan fingerprint density at radius 2 is 0.649 bits per heavy atom. The third-order valence-electron chi connectivity index (χ3n) is 14.2. The molecule has 0 aromatic heterocycles. The third-order valence-corrected chi connectivity index (χ3v) is 14.2. The van der Waals surface area contributed by atoms with Crippen molar-refractivity contribution in [2.24, 2.45) is 23.7 Å². The van der Waals surface area contributed by atoms with Crippen molar-refractivity contribution in [3.63, 3.8) is 0 Å². The SMILES string of the molecule is CCCCC(CC)COC(=O)Oc1c2c(c(OC(=O)OCC(CC)CCCC)c3c(OCC)cccc13)=c1c(OC(=O)OCC(CC)CCCC)c3c(OCC)cccc3c(OC(=O)OCC(CC)CCCC)c1=2. The molecule has 0 heterocycles. The number of benzene rings is 4. The molecule has 408 valence electrons. The largest absolute Gasteiger partial charge is 0.513 e. The number of carbonyl (C=O) groups is 4. The topological polar surface area (TPSA) is 161 Å². The Labute approximate surface area is 438 Å². The summed E-state index contributed by atoms with van der Waals surface area (Å²) < 4.78 is 61.5. The first-order valence-electron chi connectivity index (χ1n) is 27.9. The summed E-state index contributed by atoms with van der Waals surface area (Å²) in [6.45, 7) is 21.2. The van der Waals surface area contributed by atoms with Gasteiger partial charge >= 0.3 is 24.6 Å². The van der Waals surface area contributed by atoms with Gasteiger partial charge in [0.25, 0.3) is 0 Å². The molecule has 4 aromatic carbocycles. The van der Waals surface area contributed by atoms with Gasteiger partial charge in [-0.15, -0.1) is 0 Å². The van der Waals surface area contributed by atoms with Crippen molar-refractivity contribution < 1.29 is 66.5 Å². The molecule has 0 bridgehead atoms. The van der Waals surface area contributed by atoms with Crippen molar-refractivity contribution in [3.05, 3.63) is 57.3 Å². The van der Waals surface area contributed by atoms with Crippen LogP contribution in [0.25, 0.3) is 21.5 Å². The lowest BCUT2D eigenvalue weighted by molar-refractivity contribution is 0.0784. The van der Waals surface area contributed by atoms with Crippen molar-refractivity contribution in [1.29, 1.82) is 0 Å². The van der Waals surface area contributed by atoms with E-state index in [0.717, 1.165) is 103 Å². The first-order chi connectivity index (χ1) is 36.0. The van der Waals surface area contributed by atoms with Crippen molar-refractivity contribution in [1.82, 2.24) is 0 Å². The summed E-state index contributed by atoms with van der Waals surface area (Å²) in [5.41, 5.74) is 0. The molecule has 14 nitrogen and oxygen atoms in total. The minimum absolute atomic E-state index is 0.00127. The van der Waals surface area contributed by atoms with E-state index in [2.05, 4.69) is 55.4 Å². The van der Waals surface area contributed by atoms with Gasteiger partial charge in [-0.05, 0) is 75.3 Å². The van der Waals surface area contributed by atoms with Gasteiger partial charge in [-0.2, -0.15) is 0 Å². The third kappa shape index (κ3) is 15.1. The summed E-state index contributed by atoms with van der Waals surface area (Å²) in [5, 5.41) is 1.92. The van der Waals surface area contributed by atoms with Crippen LogP contribution >= 0.6 is 0 Å². The fraction of sp³-hybridized carbons (Fsp3) is 0.600. The van der Waals surface area contributed by atoms with Crippen LogP contribution in [0.1, 0.15) is 172 Å². The predicted octanol–water partition coefficient (Wildman–Crippen LogP) is 16.6. The molecule has 0 radical (unpaired) electrons. The Morgan fingerprint density at radius 3 is 0.905 bits per heavy atom. The average molecular weight is 1030 g/mol. The average Bonchev–Trinajstić information content (AvgIpc) is 3.39. The maximum atomic E-state index is 14.2. The second kappa shape index (κ2) is 30.4. The molecule has 14 heteroatoms. The Hall–Kier alpha value is -5.92. The molecule has 0 amide bonds. The van der Waals surface area contributed by atoms with Crippen LogP contribution in [-0.2, 0) is 18.9 Å². The number of hydrogen-bond donors (Lipinski definition) is 0. The Kier molecular flexibility index (Phi) is 24.3. The van der Waals surface area contributed by atoms with Gasteiger partial charge in [-0.1, -0.05) is 157 Å². The van der Waals surface area contributed by atoms with Crippen molar-refractivity contribution in [3.8, 4) is 34.5 Å². The number of fused-ring (bicyclic) bond motifs is 4. The predicted molar refractivity (Wildman–Crippen MR) is 287 cm³/mol. The first kappa shape index (κ1) is 59.0. The van der Waals surface area contributed by atoms with Gasteiger partial charge in [-0.3, -0.25) is 0 Å². The Balaban J connectivity index is 1.92. The van der Waals surface area contributed by atoms with Crippen LogP contribution in [0, 0.1) is 44.5 Å². The number of unbranched alkanes of at least 4 members (excludes halogenated alkanes) is 4. The van der Waals surface area contributed by atoms with Gasteiger partial charge in [0.2, 0.25) is 0 Å². The molecule has 0 saturated carbocycles. The zero-order chi connectivity index (χ0) is 53.6. The number of ether oxygens (including phenoxy) is 10. The van der Waals surface area contributed by atoms with Crippen molar-refractivity contribution >= 4 is 46.2 Å². The van der Waals surface area contributed by atoms with E-state index in [0.29, 0.717) is 22.3 Å². The molecule has 1 aliphatic rings. The highest BCUT2D eigenvalue weighted by Crippen LogP contribution is 2.51. The molecular formula is C60H84O14. The maximum Gasteiger partial charge on any atom is 0.513 e. The monoisotopic (exact) mass is 1030 g/mol. The van der Waals surface area contributed by atoms with E-state index >= 15 is 0 Å². The molecule has 0 N–H and O–H groups in total. The molecular weight excluding hydrogens is 945 g/mol. The zero-order valence-corrected chi connectivity index (χ0v) is 46.0. The molecule has 4 unspecified atom stereocenters. The summed E-state index contributed by atoms with van der Waals surface area (Å²) in [7, 11) is 0. The van der Waals surface area contributed by atoms with Crippen LogP contribution in [0.3, 0.4) is 0 Å². The van der Waals surface area contributed by atoms with Crippen molar-refractivity contribution in [2.45, 2.75) is 172 Å². The van der Waals surface area contributed by atoms with E-state index in [1.807, 2.05) is 13.8 Å². The van der Waals surface area contributed by atoms with Gasteiger partial charge in [0.1, 0.15) is 11.5 Å². The minimum atomic E-state index is -0.988. The lowest BCUT2D eigenvalue weighted by Gasteiger charge is -2.24. The van der Waals surface area contributed by atoms with E-state index in [4.69, 9.17) is 47.4 Å². The fourth-order valence-electron chi connectivity index (χ4n) is 9.53. The number of carbonyl (C=O) groups excluding carboxylic acids is 4. The molecule has 4 aromatic rings. The lowest BCUT2D eigenvalue weighted by atomic mass is 9.90. The normalized spacial score (nSPS) is 13.1. The van der Waals surface area contributed by atoms with E-state index in [-0.39, 0.29) is 118 Å². The first-order valence-corrected chi connectivity index (χ1v) is 27.9. The molecule has 74 heavy (non-hydrogen) atoms. The Bertz CT molecular complexity index is 2500. The highest BCUT2D eigenvalue weighted by molar-refractivity contribution is 6.04. The van der Waals surface area contributed by atoms with Gasteiger partial charge in [-0.25, -0.2) is 19.2 Å². The Morgan fingerprint density at radius 1 is 0.378 bits per heavy atom. The van der Waals surface area contributed by atoms with Gasteiger partial charge < -0.3 is 47.4 Å². The van der Waals surface area contributed by atoms with E-state index < -0.39 is 24.6 Å². The standard InChI is InChI=1S/C60H84O14/c1-11-21-27-39(15-5)35-67-57(61)71-53-43-31-25-33-45(65-19-9)47(43)55(73-59(63)69-37-41(17-7)29-23-13-3)51-49(53)50-52(51)56(74-60(64)70-38-42(18-8)30-24-14-4)48-44(32-26-34-46(48)66-20-10)54(50)72-58(62)68-36-40(16-6)28-22-12-2/h25-26,31-34,39-42H,11-24,27-30,35-38H2,1-10H3. The fourth-order valence-corrected chi connectivity index (χ4v) is 9.53.